The van der Waals surface area contributed by atoms with Crippen molar-refractivity contribution in [2.75, 3.05) is 12.0 Å². The third-order valence-corrected chi connectivity index (χ3v) is 2.50. The van der Waals surface area contributed by atoms with Gasteiger partial charge < -0.3 is 5.32 Å². The van der Waals surface area contributed by atoms with Gasteiger partial charge >= 0.3 is 0 Å². The summed E-state index contributed by atoms with van der Waals surface area (Å²) >= 11 is 3.35. The van der Waals surface area contributed by atoms with Gasteiger partial charge in [-0.3, -0.25) is 4.98 Å². The van der Waals surface area contributed by atoms with E-state index in [1.165, 1.54) is 5.56 Å². The second-order valence-corrected chi connectivity index (χ2v) is 4.25. The van der Waals surface area contributed by atoms with Crippen LogP contribution in [-0.4, -0.2) is 17.0 Å². The largest absolute Gasteiger partial charge is 0.306 e. The van der Waals surface area contributed by atoms with E-state index in [-0.39, 0.29) is 5.41 Å². The fraction of sp³-hybridized carbons (Fsp3) is 0.500. The van der Waals surface area contributed by atoms with Crippen molar-refractivity contribution in [1.29, 1.82) is 0 Å². The van der Waals surface area contributed by atoms with Gasteiger partial charge in [-0.1, -0.05) is 35.8 Å². The number of aromatic nitrogens is 1. The van der Waals surface area contributed by atoms with Crippen molar-refractivity contribution in [1.82, 2.24) is 10.3 Å². The summed E-state index contributed by atoms with van der Waals surface area (Å²) in [6.07, 6.45) is 3.73. The first-order chi connectivity index (χ1) is 6.17. The number of nitrogens with zero attached hydrogens (tertiary/aromatic N) is 1. The minimum absolute atomic E-state index is 0.141. The molecule has 0 unspecified atom stereocenters. The average Bonchev–Trinajstić information content (AvgIpc) is 2.16. The van der Waals surface area contributed by atoms with Gasteiger partial charge in [-0.05, 0) is 11.6 Å². The quantitative estimate of drug-likeness (QED) is 0.648. The molecule has 1 aromatic rings. The molecule has 2 nitrogen and oxygen atoms in total. The molecule has 1 rings (SSSR count). The van der Waals surface area contributed by atoms with E-state index in [9.17, 15) is 0 Å². The molecule has 0 aliphatic rings. The first-order valence-corrected chi connectivity index (χ1v) is 5.46. The second-order valence-electron chi connectivity index (χ2n) is 3.69. The van der Waals surface area contributed by atoms with Crippen molar-refractivity contribution in [3.05, 3.63) is 30.1 Å². The van der Waals surface area contributed by atoms with Crippen LogP contribution in [0.2, 0.25) is 0 Å². The van der Waals surface area contributed by atoms with Gasteiger partial charge in [0.15, 0.2) is 0 Å². The Morgan fingerprint density at radius 1 is 1.54 bits per heavy atom. The van der Waals surface area contributed by atoms with Gasteiger partial charge in [-0.25, -0.2) is 0 Å². The van der Waals surface area contributed by atoms with Crippen LogP contribution in [0.15, 0.2) is 24.5 Å². The molecule has 0 aliphatic carbocycles. The van der Waals surface area contributed by atoms with E-state index in [0.717, 1.165) is 12.0 Å². The molecular weight excluding hydrogens is 228 g/mol. The van der Waals surface area contributed by atoms with Crippen LogP contribution in [0.1, 0.15) is 19.4 Å². The van der Waals surface area contributed by atoms with E-state index in [0.29, 0.717) is 0 Å². The standard InChI is InChI=1S/C10H15BrN2/c1-10(2,7-13-8-11)9-4-3-5-12-6-9/h3-6,13H,7-8H2,1-2H3. The van der Waals surface area contributed by atoms with Crippen molar-refractivity contribution >= 4 is 15.9 Å². The molecule has 0 saturated heterocycles. The number of pyridine rings is 1. The zero-order valence-electron chi connectivity index (χ0n) is 8.05. The van der Waals surface area contributed by atoms with Gasteiger partial charge in [-0.2, -0.15) is 0 Å². The molecule has 0 radical (unpaired) electrons. The molecule has 0 amide bonds. The van der Waals surface area contributed by atoms with Gasteiger partial charge in [-0.15, -0.1) is 0 Å². The Hall–Kier alpha value is -0.410. The van der Waals surface area contributed by atoms with Gasteiger partial charge in [0, 0.05) is 24.4 Å². The Morgan fingerprint density at radius 2 is 2.31 bits per heavy atom. The monoisotopic (exact) mass is 242 g/mol. The van der Waals surface area contributed by atoms with E-state index in [1.54, 1.807) is 6.20 Å². The van der Waals surface area contributed by atoms with Gasteiger partial charge in [0.05, 0.1) is 5.45 Å². The van der Waals surface area contributed by atoms with E-state index < -0.39 is 0 Å². The van der Waals surface area contributed by atoms with Crippen molar-refractivity contribution in [3.8, 4) is 0 Å². The number of rotatable bonds is 4. The summed E-state index contributed by atoms with van der Waals surface area (Å²) in [5.41, 5.74) is 2.24. The lowest BCUT2D eigenvalue weighted by Gasteiger charge is -2.24. The topological polar surface area (TPSA) is 24.9 Å². The Bertz CT molecular complexity index is 246. The van der Waals surface area contributed by atoms with Crippen LogP contribution >= 0.6 is 15.9 Å². The Labute approximate surface area is 87.9 Å². The van der Waals surface area contributed by atoms with Crippen molar-refractivity contribution in [2.24, 2.45) is 0 Å². The highest BCUT2D eigenvalue weighted by Gasteiger charge is 2.19. The smallest absolute Gasteiger partial charge is 0.0517 e. The van der Waals surface area contributed by atoms with Crippen molar-refractivity contribution in [2.45, 2.75) is 19.3 Å². The Kier molecular flexibility index (Phi) is 3.88. The molecular formula is C10H15BrN2. The minimum Gasteiger partial charge on any atom is -0.306 e. The second kappa shape index (κ2) is 4.72. The van der Waals surface area contributed by atoms with Gasteiger partial charge in [0.2, 0.25) is 0 Å². The van der Waals surface area contributed by atoms with Crippen LogP contribution in [0.3, 0.4) is 0 Å². The highest BCUT2D eigenvalue weighted by molar-refractivity contribution is 9.09. The maximum atomic E-state index is 4.12. The molecule has 72 valence electrons. The van der Waals surface area contributed by atoms with Crippen LogP contribution in [-0.2, 0) is 5.41 Å². The fourth-order valence-electron chi connectivity index (χ4n) is 1.22. The van der Waals surface area contributed by atoms with E-state index in [1.807, 2.05) is 12.3 Å². The molecule has 0 bridgehead atoms. The van der Waals surface area contributed by atoms with E-state index in [4.69, 9.17) is 0 Å². The fourth-order valence-corrected chi connectivity index (χ4v) is 1.42. The maximum absolute atomic E-state index is 4.12. The molecule has 3 heteroatoms. The molecule has 0 fully saturated rings. The number of nitrogens with one attached hydrogen (secondary N) is 1. The lowest BCUT2D eigenvalue weighted by atomic mass is 9.86. The molecule has 1 aromatic heterocycles. The highest BCUT2D eigenvalue weighted by Crippen LogP contribution is 2.20. The lowest BCUT2D eigenvalue weighted by molar-refractivity contribution is 0.489. The van der Waals surface area contributed by atoms with Crippen LogP contribution in [0.5, 0.6) is 0 Å². The molecule has 1 N–H and O–H groups in total. The summed E-state index contributed by atoms with van der Waals surface area (Å²) in [5, 5.41) is 3.28. The lowest BCUT2D eigenvalue weighted by Crippen LogP contribution is -2.32. The average molecular weight is 243 g/mol. The molecule has 1 heterocycles. The van der Waals surface area contributed by atoms with E-state index in [2.05, 4.69) is 46.1 Å². The summed E-state index contributed by atoms with van der Waals surface area (Å²) in [4.78, 5) is 4.12. The maximum Gasteiger partial charge on any atom is 0.0517 e. The summed E-state index contributed by atoms with van der Waals surface area (Å²) in [5.74, 6) is 0. The van der Waals surface area contributed by atoms with Gasteiger partial charge in [0.25, 0.3) is 0 Å². The van der Waals surface area contributed by atoms with Crippen LogP contribution in [0.25, 0.3) is 0 Å². The molecule has 13 heavy (non-hydrogen) atoms. The third-order valence-electron chi connectivity index (χ3n) is 2.10. The van der Waals surface area contributed by atoms with Crippen molar-refractivity contribution < 1.29 is 0 Å². The van der Waals surface area contributed by atoms with Crippen LogP contribution < -0.4 is 5.32 Å². The first-order valence-electron chi connectivity index (χ1n) is 4.34. The molecule has 0 saturated carbocycles. The number of hydrogen-bond acceptors (Lipinski definition) is 2. The van der Waals surface area contributed by atoms with E-state index >= 15 is 0 Å². The zero-order chi connectivity index (χ0) is 9.73. The normalized spacial score (nSPS) is 11.6. The summed E-state index contributed by atoms with van der Waals surface area (Å²) in [6, 6.07) is 4.09. The summed E-state index contributed by atoms with van der Waals surface area (Å²) < 4.78 is 0. The third kappa shape index (κ3) is 3.08. The predicted molar refractivity (Wildman–Crippen MR) is 59.1 cm³/mol. The summed E-state index contributed by atoms with van der Waals surface area (Å²) in [7, 11) is 0. The molecule has 0 spiro atoms. The Balaban J connectivity index is 2.69. The molecule has 0 aromatic carbocycles. The van der Waals surface area contributed by atoms with Gasteiger partial charge in [0.1, 0.15) is 0 Å². The van der Waals surface area contributed by atoms with Crippen LogP contribution in [0.4, 0.5) is 0 Å². The number of halogens is 1. The van der Waals surface area contributed by atoms with Crippen molar-refractivity contribution in [3.63, 3.8) is 0 Å². The molecule has 0 atom stereocenters. The number of alkyl halides is 1. The summed E-state index contributed by atoms with van der Waals surface area (Å²) in [6.45, 7) is 5.36. The SMILES string of the molecule is CC(C)(CNCBr)c1cccnc1. The predicted octanol–water partition coefficient (Wildman–Crippen LogP) is 2.30. The van der Waals surface area contributed by atoms with Crippen LogP contribution in [0, 0.1) is 0 Å². The zero-order valence-corrected chi connectivity index (χ0v) is 9.63. The Morgan fingerprint density at radius 3 is 2.85 bits per heavy atom. The minimum atomic E-state index is 0.141. The highest BCUT2D eigenvalue weighted by atomic mass is 79.9. The first kappa shape index (κ1) is 10.7. The molecule has 0 aliphatic heterocycles. The number of hydrogen-bond donors (Lipinski definition) is 1.